The first-order chi connectivity index (χ1) is 15.3. The minimum Gasteiger partial charge on any atom is -0.399 e. The summed E-state index contributed by atoms with van der Waals surface area (Å²) in [7, 11) is -3.92. The van der Waals surface area contributed by atoms with E-state index in [1.807, 2.05) is 0 Å². The van der Waals surface area contributed by atoms with Crippen LogP contribution in [0.5, 0.6) is 0 Å². The van der Waals surface area contributed by atoms with Crippen molar-refractivity contribution in [1.82, 2.24) is 4.31 Å². The number of amides is 1. The molecule has 166 valence electrons. The van der Waals surface area contributed by atoms with Crippen LogP contribution in [0.2, 0.25) is 5.02 Å². The van der Waals surface area contributed by atoms with Gasteiger partial charge in [-0.1, -0.05) is 48.0 Å². The summed E-state index contributed by atoms with van der Waals surface area (Å²) in [5.41, 5.74) is 7.63. The molecule has 1 amide bonds. The molecule has 0 fully saturated rings. The van der Waals surface area contributed by atoms with E-state index in [9.17, 15) is 18.3 Å². The number of anilines is 2. The van der Waals surface area contributed by atoms with E-state index in [-0.39, 0.29) is 28.6 Å². The highest BCUT2D eigenvalue weighted by Gasteiger charge is 2.38. The summed E-state index contributed by atoms with van der Waals surface area (Å²) in [5, 5.41) is 10.4. The Labute approximate surface area is 191 Å². The number of aliphatic hydroxyl groups excluding tert-OH is 1. The van der Waals surface area contributed by atoms with E-state index in [1.54, 1.807) is 54.6 Å². The summed E-state index contributed by atoms with van der Waals surface area (Å²) < 4.78 is 28.1. The number of hydrogen-bond acceptors (Lipinski definition) is 5. The maximum atomic E-state index is 13.5. The summed E-state index contributed by atoms with van der Waals surface area (Å²) in [6.07, 6.45) is 0. The van der Waals surface area contributed by atoms with Gasteiger partial charge in [0.15, 0.2) is 0 Å². The molecule has 4 rings (SSSR count). The molecule has 1 heterocycles. The van der Waals surface area contributed by atoms with Crippen molar-refractivity contribution in [3.8, 4) is 0 Å². The molecule has 0 saturated heterocycles. The van der Waals surface area contributed by atoms with Crippen LogP contribution in [0.4, 0.5) is 11.4 Å². The molecular formula is C23H22ClN3O4S. The molecule has 7 nitrogen and oxygen atoms in total. The number of nitrogen functional groups attached to an aromatic ring is 1. The molecule has 1 unspecified atom stereocenters. The van der Waals surface area contributed by atoms with Gasteiger partial charge in [-0.05, 0) is 42.0 Å². The zero-order valence-electron chi connectivity index (χ0n) is 17.1. The minimum absolute atomic E-state index is 0.0118. The van der Waals surface area contributed by atoms with Crippen LogP contribution in [-0.2, 0) is 16.6 Å². The van der Waals surface area contributed by atoms with Crippen LogP contribution in [0, 0.1) is 0 Å². The molecule has 3 aromatic carbocycles. The number of nitrogens with two attached hydrogens (primary N) is 1. The average molecular weight is 472 g/mol. The van der Waals surface area contributed by atoms with Crippen LogP contribution < -0.4 is 10.6 Å². The van der Waals surface area contributed by atoms with Crippen molar-refractivity contribution in [2.75, 3.05) is 23.8 Å². The Balaban J connectivity index is 1.80. The second-order valence-corrected chi connectivity index (χ2v) is 9.78. The lowest BCUT2D eigenvalue weighted by atomic mass is 10.1. The largest absolute Gasteiger partial charge is 0.399 e. The van der Waals surface area contributed by atoms with E-state index >= 15 is 0 Å². The van der Waals surface area contributed by atoms with Crippen molar-refractivity contribution < 1.29 is 18.3 Å². The zero-order valence-corrected chi connectivity index (χ0v) is 18.6. The monoisotopic (exact) mass is 471 g/mol. The van der Waals surface area contributed by atoms with Gasteiger partial charge < -0.3 is 15.7 Å². The van der Waals surface area contributed by atoms with Gasteiger partial charge in [0.25, 0.3) is 5.91 Å². The topological polar surface area (TPSA) is 104 Å². The summed E-state index contributed by atoms with van der Waals surface area (Å²) >= 11 is 6.28. The van der Waals surface area contributed by atoms with Gasteiger partial charge in [-0.2, -0.15) is 4.31 Å². The van der Waals surface area contributed by atoms with Crippen LogP contribution in [-0.4, -0.2) is 42.9 Å². The number of para-hydroxylation sites is 1. The first kappa shape index (κ1) is 22.3. The van der Waals surface area contributed by atoms with Crippen LogP contribution in [0.15, 0.2) is 77.7 Å². The van der Waals surface area contributed by atoms with Crippen LogP contribution in [0.25, 0.3) is 0 Å². The molecule has 32 heavy (non-hydrogen) atoms. The third-order valence-electron chi connectivity index (χ3n) is 5.44. The molecule has 0 bridgehead atoms. The number of carbonyl (C=O) groups is 1. The Bertz CT molecular complexity index is 1250. The molecule has 1 aliphatic rings. The van der Waals surface area contributed by atoms with Crippen LogP contribution in [0.1, 0.15) is 15.9 Å². The fraction of sp³-hybridized carbons (Fsp3) is 0.174. The van der Waals surface area contributed by atoms with Gasteiger partial charge in [-0.15, -0.1) is 0 Å². The molecule has 0 aliphatic carbocycles. The molecule has 1 atom stereocenters. The lowest BCUT2D eigenvalue weighted by Crippen LogP contribution is -2.48. The molecular weight excluding hydrogens is 450 g/mol. The van der Waals surface area contributed by atoms with Gasteiger partial charge in [0, 0.05) is 24.5 Å². The van der Waals surface area contributed by atoms with Crippen molar-refractivity contribution in [2.24, 2.45) is 0 Å². The second kappa shape index (κ2) is 8.91. The van der Waals surface area contributed by atoms with E-state index in [4.69, 9.17) is 17.3 Å². The summed E-state index contributed by atoms with van der Waals surface area (Å²) in [5.74, 6) is -0.403. The number of aliphatic hydroxyl groups is 1. The predicted molar refractivity (Wildman–Crippen MR) is 124 cm³/mol. The second-order valence-electron chi connectivity index (χ2n) is 7.48. The van der Waals surface area contributed by atoms with Crippen LogP contribution in [0.3, 0.4) is 0 Å². The molecule has 1 aliphatic heterocycles. The van der Waals surface area contributed by atoms with Gasteiger partial charge >= 0.3 is 0 Å². The number of carbonyl (C=O) groups excluding carboxylic acids is 1. The van der Waals surface area contributed by atoms with Gasteiger partial charge in [-0.3, -0.25) is 4.79 Å². The van der Waals surface area contributed by atoms with Gasteiger partial charge in [0.1, 0.15) is 0 Å². The number of hydrogen-bond donors (Lipinski definition) is 2. The molecule has 3 N–H and O–H groups in total. The molecule has 9 heteroatoms. The first-order valence-electron chi connectivity index (χ1n) is 9.95. The van der Waals surface area contributed by atoms with E-state index in [1.165, 1.54) is 27.4 Å². The fourth-order valence-corrected chi connectivity index (χ4v) is 5.68. The van der Waals surface area contributed by atoms with E-state index in [0.717, 1.165) is 0 Å². The van der Waals surface area contributed by atoms with Crippen molar-refractivity contribution >= 4 is 38.9 Å². The summed E-state index contributed by atoms with van der Waals surface area (Å²) in [6.45, 7) is -0.490. The molecule has 0 spiro atoms. The highest BCUT2D eigenvalue weighted by Crippen LogP contribution is 2.33. The highest BCUT2D eigenvalue weighted by atomic mass is 35.5. The Hall–Kier alpha value is -2.91. The number of rotatable bonds is 4. The third-order valence-corrected chi connectivity index (χ3v) is 7.66. The van der Waals surface area contributed by atoms with Crippen molar-refractivity contribution in [1.29, 1.82) is 0 Å². The lowest BCUT2D eigenvalue weighted by molar-refractivity contribution is 0.0976. The van der Waals surface area contributed by atoms with E-state index in [2.05, 4.69) is 0 Å². The summed E-state index contributed by atoms with van der Waals surface area (Å²) in [6, 6.07) is 18.9. The Kier molecular flexibility index (Phi) is 6.21. The summed E-state index contributed by atoms with van der Waals surface area (Å²) in [4.78, 5) is 15.1. The van der Waals surface area contributed by atoms with Gasteiger partial charge in [0.05, 0.1) is 28.1 Å². The number of fused-ring (bicyclic) bond motifs is 1. The Morgan fingerprint density at radius 2 is 1.75 bits per heavy atom. The number of nitrogens with zero attached hydrogens (tertiary/aromatic N) is 2. The molecule has 0 aromatic heterocycles. The normalized spacial score (nSPS) is 16.9. The van der Waals surface area contributed by atoms with Crippen molar-refractivity contribution in [2.45, 2.75) is 17.5 Å². The minimum atomic E-state index is -3.92. The van der Waals surface area contributed by atoms with Crippen molar-refractivity contribution in [3.05, 3.63) is 88.9 Å². The quantitative estimate of drug-likeness (QED) is 0.569. The SMILES string of the molecule is Nc1ccc(C(=O)N2CC(CO)N(S(=O)(=O)c3ccccc3)Cc3ccccc32)c(Cl)c1. The number of sulfonamides is 1. The smallest absolute Gasteiger partial charge is 0.259 e. The maximum absolute atomic E-state index is 13.5. The van der Waals surface area contributed by atoms with Gasteiger partial charge in [0.2, 0.25) is 10.0 Å². The van der Waals surface area contributed by atoms with Crippen molar-refractivity contribution in [3.63, 3.8) is 0 Å². The molecule has 3 aromatic rings. The fourth-order valence-electron chi connectivity index (χ4n) is 3.81. The first-order valence-corrected chi connectivity index (χ1v) is 11.8. The maximum Gasteiger partial charge on any atom is 0.259 e. The Morgan fingerprint density at radius 1 is 1.06 bits per heavy atom. The zero-order chi connectivity index (χ0) is 22.9. The standard InChI is InChI=1S/C23H22ClN3O4S/c24-21-12-17(25)10-11-20(21)23(29)26-14-18(15-28)27(13-16-6-4-5-9-22(16)26)32(30,31)19-7-2-1-3-8-19/h1-12,18,28H,13-15,25H2. The van der Waals surface area contributed by atoms with Crippen LogP contribution >= 0.6 is 11.6 Å². The Morgan fingerprint density at radius 3 is 2.44 bits per heavy atom. The molecule has 0 saturated carbocycles. The molecule has 0 radical (unpaired) electrons. The highest BCUT2D eigenvalue weighted by molar-refractivity contribution is 7.89. The van der Waals surface area contributed by atoms with E-state index < -0.39 is 28.6 Å². The predicted octanol–water partition coefficient (Wildman–Crippen LogP) is 3.13. The number of halogens is 1. The lowest BCUT2D eigenvalue weighted by Gasteiger charge is -2.30. The number of benzene rings is 3. The average Bonchev–Trinajstić information content (AvgIpc) is 2.96. The van der Waals surface area contributed by atoms with Gasteiger partial charge in [-0.25, -0.2) is 8.42 Å². The van der Waals surface area contributed by atoms with E-state index in [0.29, 0.717) is 16.9 Å². The third kappa shape index (κ3) is 4.10.